The first-order valence-corrected chi connectivity index (χ1v) is 22.7. The Morgan fingerprint density at radius 1 is 0.793 bits per heavy atom. The predicted octanol–water partition coefficient (Wildman–Crippen LogP) is 13.5. The van der Waals surface area contributed by atoms with Crippen LogP contribution in [-0.2, 0) is 12.8 Å². The van der Waals surface area contributed by atoms with Gasteiger partial charge in [-0.3, -0.25) is 0 Å². The van der Waals surface area contributed by atoms with Crippen molar-refractivity contribution in [1.29, 1.82) is 0 Å². The van der Waals surface area contributed by atoms with E-state index in [1.807, 2.05) is 22.7 Å². The Bertz CT molecular complexity index is 2930. The van der Waals surface area contributed by atoms with Crippen LogP contribution in [0, 0.1) is 0 Å². The minimum atomic E-state index is -0.347. The van der Waals surface area contributed by atoms with Crippen LogP contribution in [0.3, 0.4) is 0 Å². The summed E-state index contributed by atoms with van der Waals surface area (Å²) in [6.45, 7) is 2.28. The van der Waals surface area contributed by atoms with Crippen molar-refractivity contribution in [3.05, 3.63) is 172 Å². The van der Waals surface area contributed by atoms with Crippen LogP contribution in [0.4, 0.5) is 5.69 Å². The summed E-state index contributed by atoms with van der Waals surface area (Å²) in [5, 5.41) is 2.54. The van der Waals surface area contributed by atoms with Gasteiger partial charge in [0.15, 0.2) is 18.1 Å². The minimum Gasteiger partial charge on any atom is -0.479 e. The van der Waals surface area contributed by atoms with Gasteiger partial charge in [-0.15, -0.1) is 22.7 Å². The smallest absolute Gasteiger partial charge is 0.182 e. The third-order valence-electron chi connectivity index (χ3n) is 13.1. The SMILES string of the molecule is CCCC/C=C\C1=C\CC2CC(c3c1sc1c3CCc3ccccc3-1)N(C1N=C(c3cccc4c3sc3ccccc34)N=C3c4ccccc4OC31)c1ccccc12. The summed E-state index contributed by atoms with van der Waals surface area (Å²) in [6.07, 6.45) is 14.4. The maximum Gasteiger partial charge on any atom is 0.182 e. The van der Waals surface area contributed by atoms with Gasteiger partial charge in [0.2, 0.25) is 0 Å². The molecule has 0 fully saturated rings. The average Bonchev–Trinajstić information content (AvgIpc) is 3.97. The lowest BCUT2D eigenvalue weighted by Gasteiger charge is -2.48. The number of aryl methyl sites for hydroxylation is 1. The zero-order valence-corrected chi connectivity index (χ0v) is 34.2. The van der Waals surface area contributed by atoms with Gasteiger partial charge in [-0.2, -0.15) is 0 Å². The van der Waals surface area contributed by atoms with E-state index in [0.29, 0.717) is 5.92 Å². The lowest BCUT2D eigenvalue weighted by atomic mass is 9.76. The number of fused-ring (bicyclic) bond motifs is 16. The summed E-state index contributed by atoms with van der Waals surface area (Å²) in [7, 11) is 0. The summed E-state index contributed by atoms with van der Waals surface area (Å²) >= 11 is 3.87. The van der Waals surface area contributed by atoms with Crippen molar-refractivity contribution in [3.8, 4) is 16.2 Å². The molecule has 12 rings (SSSR count). The van der Waals surface area contributed by atoms with Crippen LogP contribution in [-0.4, -0.2) is 23.8 Å². The quantitative estimate of drug-likeness (QED) is 0.157. The molecule has 4 nitrogen and oxygen atoms in total. The molecule has 3 aliphatic heterocycles. The Hall–Kier alpha value is -5.56. The molecule has 5 heterocycles. The topological polar surface area (TPSA) is 37.2 Å². The summed E-state index contributed by atoms with van der Waals surface area (Å²) in [4.78, 5) is 16.9. The molecular weight excluding hydrogens is 747 g/mol. The van der Waals surface area contributed by atoms with E-state index < -0.39 is 0 Å². The van der Waals surface area contributed by atoms with Gasteiger partial charge in [0, 0.05) is 46.7 Å². The summed E-state index contributed by atoms with van der Waals surface area (Å²) in [5.41, 5.74) is 13.1. The molecule has 0 radical (unpaired) electrons. The number of amidine groups is 1. The zero-order valence-electron chi connectivity index (χ0n) is 32.5. The average molecular weight is 790 g/mol. The van der Waals surface area contributed by atoms with E-state index in [4.69, 9.17) is 14.7 Å². The molecule has 7 aromatic rings. The second kappa shape index (κ2) is 13.8. The number of thiophene rings is 2. The fourth-order valence-electron chi connectivity index (χ4n) is 10.4. The van der Waals surface area contributed by atoms with E-state index in [1.54, 1.807) is 0 Å². The lowest BCUT2D eigenvalue weighted by molar-refractivity contribution is 0.231. The van der Waals surface area contributed by atoms with Gasteiger partial charge in [0.05, 0.1) is 11.8 Å². The van der Waals surface area contributed by atoms with Gasteiger partial charge in [0.25, 0.3) is 0 Å². The number of allylic oxidation sites excluding steroid dienone is 4. The van der Waals surface area contributed by atoms with E-state index in [-0.39, 0.29) is 18.3 Å². The van der Waals surface area contributed by atoms with Crippen molar-refractivity contribution < 1.29 is 4.74 Å². The molecule has 6 heteroatoms. The van der Waals surface area contributed by atoms with Crippen molar-refractivity contribution in [2.45, 2.75) is 76.1 Å². The van der Waals surface area contributed by atoms with Crippen molar-refractivity contribution >= 4 is 65.7 Å². The van der Waals surface area contributed by atoms with Gasteiger partial charge in [0.1, 0.15) is 5.75 Å². The van der Waals surface area contributed by atoms with E-state index >= 15 is 0 Å². The molecule has 0 spiro atoms. The van der Waals surface area contributed by atoms with Crippen LogP contribution in [0.2, 0.25) is 0 Å². The van der Waals surface area contributed by atoms with Gasteiger partial charge in [-0.25, -0.2) is 9.98 Å². The van der Waals surface area contributed by atoms with E-state index in [0.717, 1.165) is 60.5 Å². The van der Waals surface area contributed by atoms with Crippen LogP contribution in [0.5, 0.6) is 5.75 Å². The van der Waals surface area contributed by atoms with Gasteiger partial charge >= 0.3 is 0 Å². The van der Waals surface area contributed by atoms with Gasteiger partial charge < -0.3 is 9.64 Å². The number of para-hydroxylation sites is 2. The number of unbranched alkanes of at least 4 members (excludes halogenated alkanes) is 2. The standard InChI is InChI=1S/C52H43N3OS2/c1-2-3-4-5-16-32-26-27-33-30-42(45-39-29-28-31-15-6-7-18-35(31)49(39)58-48(32)45)55(41-23-11-8-17-34(33)41)52-47-46(38-20-9-12-24-43(38)56-47)53-51(54-52)40-22-14-21-37-36-19-10-13-25-44(36)57-50(37)40/h5-26,33,42,47,52H,2-4,27-30H2,1H3/b16-5-,32-26-. The molecule has 0 saturated heterocycles. The number of nitrogens with zero attached hydrogens (tertiary/aromatic N) is 3. The minimum absolute atomic E-state index is 0.106. The number of ether oxygens (including phenoxy) is 1. The molecule has 58 heavy (non-hydrogen) atoms. The first kappa shape index (κ1) is 34.5. The van der Waals surface area contributed by atoms with E-state index in [2.05, 4.69) is 145 Å². The molecule has 4 unspecified atom stereocenters. The van der Waals surface area contributed by atoms with Gasteiger partial charge in [-0.05, 0) is 102 Å². The van der Waals surface area contributed by atoms with Crippen molar-refractivity contribution in [3.63, 3.8) is 0 Å². The molecule has 0 N–H and O–H groups in total. The first-order chi connectivity index (χ1) is 28.7. The Morgan fingerprint density at radius 2 is 1.60 bits per heavy atom. The van der Waals surface area contributed by atoms with E-state index in [1.165, 1.54) is 81.8 Å². The largest absolute Gasteiger partial charge is 0.479 e. The zero-order chi connectivity index (χ0) is 38.3. The molecule has 284 valence electrons. The molecule has 0 saturated carbocycles. The van der Waals surface area contributed by atoms with E-state index in [9.17, 15) is 0 Å². The highest BCUT2D eigenvalue weighted by atomic mass is 32.1. The highest BCUT2D eigenvalue weighted by Gasteiger charge is 2.49. The molecular formula is C52H43N3OS2. The van der Waals surface area contributed by atoms with Crippen LogP contribution in [0.1, 0.15) is 89.2 Å². The Morgan fingerprint density at radius 3 is 2.55 bits per heavy atom. The fraction of sp³-hybridized carbons (Fsp3) is 0.231. The van der Waals surface area contributed by atoms with Crippen LogP contribution < -0.4 is 9.64 Å². The summed E-state index contributed by atoms with van der Waals surface area (Å²) in [6, 6.07) is 42.3. The maximum absolute atomic E-state index is 7.03. The van der Waals surface area contributed by atoms with Crippen molar-refractivity contribution in [2.24, 2.45) is 9.98 Å². The number of benzene rings is 5. The summed E-state index contributed by atoms with van der Waals surface area (Å²) < 4.78 is 9.55. The van der Waals surface area contributed by atoms with Crippen LogP contribution in [0.25, 0.3) is 36.2 Å². The lowest BCUT2D eigenvalue weighted by Crippen LogP contribution is -2.53. The van der Waals surface area contributed by atoms with Crippen molar-refractivity contribution in [2.75, 3.05) is 4.90 Å². The molecule has 2 bridgehead atoms. The van der Waals surface area contributed by atoms with Gasteiger partial charge in [-0.1, -0.05) is 123 Å². The fourth-order valence-corrected chi connectivity index (χ4v) is 13.1. The Balaban J connectivity index is 1.10. The molecule has 2 aromatic heterocycles. The monoisotopic (exact) mass is 789 g/mol. The molecule has 4 atom stereocenters. The third kappa shape index (κ3) is 5.31. The number of aliphatic imine (C=N–C) groups is 2. The number of hydrogen-bond acceptors (Lipinski definition) is 6. The maximum atomic E-state index is 7.03. The number of rotatable bonds is 6. The Labute approximate surface area is 347 Å². The summed E-state index contributed by atoms with van der Waals surface area (Å²) in [5.74, 6) is 2.08. The number of anilines is 1. The van der Waals surface area contributed by atoms with Crippen LogP contribution >= 0.6 is 22.7 Å². The highest BCUT2D eigenvalue weighted by molar-refractivity contribution is 7.26. The predicted molar refractivity (Wildman–Crippen MR) is 244 cm³/mol. The second-order valence-electron chi connectivity index (χ2n) is 16.3. The van der Waals surface area contributed by atoms with Crippen LogP contribution in [0.15, 0.2) is 143 Å². The molecule has 5 aliphatic rings. The molecule has 0 amide bonds. The highest BCUT2D eigenvalue weighted by Crippen LogP contribution is 2.56. The normalized spacial score (nSPS) is 22.4. The third-order valence-corrected chi connectivity index (χ3v) is 15.6. The molecule has 2 aliphatic carbocycles. The number of hydrogen-bond donors (Lipinski definition) is 0. The van der Waals surface area contributed by atoms with Crippen molar-refractivity contribution in [1.82, 2.24) is 0 Å². The first-order valence-electron chi connectivity index (χ1n) is 21.0. The molecule has 5 aromatic carbocycles. The second-order valence-corrected chi connectivity index (χ2v) is 18.4. The Kier molecular flexibility index (Phi) is 8.19.